The van der Waals surface area contributed by atoms with Crippen LogP contribution in [0.4, 0.5) is 0 Å². The third-order valence-electron chi connectivity index (χ3n) is 1.73. The van der Waals surface area contributed by atoms with Crippen LogP contribution in [-0.2, 0) is 0 Å². The molecule has 0 aliphatic carbocycles. The van der Waals surface area contributed by atoms with Gasteiger partial charge in [0.15, 0.2) is 0 Å². The third kappa shape index (κ3) is 3.38. The van der Waals surface area contributed by atoms with Gasteiger partial charge in [0.1, 0.15) is 9.88 Å². The minimum absolute atomic E-state index is 0.259. The van der Waals surface area contributed by atoms with Gasteiger partial charge in [0, 0.05) is 11.5 Å². The summed E-state index contributed by atoms with van der Waals surface area (Å²) in [5, 5.41) is 12.8. The lowest BCUT2D eigenvalue weighted by molar-refractivity contribution is 0.0701. The number of rotatable bonds is 5. The Morgan fingerprint density at radius 2 is 2.50 bits per heavy atom. The van der Waals surface area contributed by atoms with Gasteiger partial charge in [-0.2, -0.15) is 0 Å². The van der Waals surface area contributed by atoms with E-state index in [9.17, 15) is 4.79 Å². The Balaban J connectivity index is 2.64. The largest absolute Gasteiger partial charge is 0.477 e. The summed E-state index contributed by atoms with van der Waals surface area (Å²) in [4.78, 5) is 17.7. The summed E-state index contributed by atoms with van der Waals surface area (Å²) in [5.74, 6) is -0.955. The lowest BCUT2D eigenvalue weighted by Gasteiger charge is -1.84. The molecule has 1 N–H and O–H groups in total. The summed E-state index contributed by atoms with van der Waals surface area (Å²) in [5.41, 5.74) is 8.56. The lowest BCUT2D eigenvalue weighted by Crippen LogP contribution is -1.94. The zero-order chi connectivity index (χ0) is 12.0. The van der Waals surface area contributed by atoms with E-state index in [1.807, 2.05) is 0 Å². The number of aryl methyl sites for hydroxylation is 1. The van der Waals surface area contributed by atoms with Crippen molar-refractivity contribution in [2.45, 2.75) is 13.3 Å². The van der Waals surface area contributed by atoms with Crippen molar-refractivity contribution in [3.8, 4) is 0 Å². The van der Waals surface area contributed by atoms with Crippen LogP contribution in [0.25, 0.3) is 16.5 Å². The molecule has 1 heterocycles. The van der Waals surface area contributed by atoms with Crippen molar-refractivity contribution < 1.29 is 9.90 Å². The van der Waals surface area contributed by atoms with E-state index < -0.39 is 5.97 Å². The molecule has 0 aromatic carbocycles. The number of aromatic nitrogens is 1. The average Bonchev–Trinajstić information content (AvgIpc) is 2.59. The molecule has 0 aliphatic rings. The molecular weight excluding hydrogens is 228 g/mol. The van der Waals surface area contributed by atoms with E-state index in [1.165, 1.54) is 0 Å². The number of nitrogens with zero attached hydrogens (tertiary/aromatic N) is 4. The molecular formula is C9H10N4O2S. The van der Waals surface area contributed by atoms with Crippen LogP contribution in [0.5, 0.6) is 0 Å². The van der Waals surface area contributed by atoms with Gasteiger partial charge < -0.3 is 5.11 Å². The topological polar surface area (TPSA) is 99.0 Å². The second kappa shape index (κ2) is 5.89. The second-order valence-electron chi connectivity index (χ2n) is 2.92. The zero-order valence-electron chi connectivity index (χ0n) is 8.62. The number of carboxylic acid groups (broad SMARTS) is 1. The van der Waals surface area contributed by atoms with Gasteiger partial charge in [0.2, 0.25) is 0 Å². The molecule has 16 heavy (non-hydrogen) atoms. The first-order valence-corrected chi connectivity index (χ1v) is 5.35. The molecule has 84 valence electrons. The lowest BCUT2D eigenvalue weighted by atomic mass is 10.4. The van der Waals surface area contributed by atoms with Crippen LogP contribution >= 0.6 is 11.3 Å². The van der Waals surface area contributed by atoms with E-state index in [-0.39, 0.29) is 4.88 Å². The minimum atomic E-state index is -0.955. The predicted molar refractivity (Wildman–Crippen MR) is 61.5 cm³/mol. The molecule has 0 saturated heterocycles. The molecule has 1 aromatic heterocycles. The van der Waals surface area contributed by atoms with Gasteiger partial charge in [-0.05, 0) is 25.0 Å². The van der Waals surface area contributed by atoms with Crippen molar-refractivity contribution in [1.29, 1.82) is 0 Å². The fourth-order valence-corrected chi connectivity index (χ4v) is 1.88. The van der Waals surface area contributed by atoms with Crippen LogP contribution in [-0.4, -0.2) is 22.6 Å². The molecule has 0 fully saturated rings. The number of carbonyl (C=O) groups is 1. The number of azide groups is 1. The minimum Gasteiger partial charge on any atom is -0.477 e. The Hall–Kier alpha value is -1.85. The fourth-order valence-electron chi connectivity index (χ4n) is 1.05. The number of thiazole rings is 1. The molecule has 0 atom stereocenters. The number of aromatic carboxylic acids is 1. The van der Waals surface area contributed by atoms with Gasteiger partial charge in [0.25, 0.3) is 0 Å². The molecule has 1 rings (SSSR count). The van der Waals surface area contributed by atoms with Crippen LogP contribution in [0.3, 0.4) is 0 Å². The summed E-state index contributed by atoms with van der Waals surface area (Å²) in [6.07, 6.45) is 4.15. The highest BCUT2D eigenvalue weighted by molar-refractivity contribution is 7.14. The maximum Gasteiger partial charge on any atom is 0.347 e. The monoisotopic (exact) mass is 238 g/mol. The smallest absolute Gasteiger partial charge is 0.347 e. The highest BCUT2D eigenvalue weighted by atomic mass is 32.1. The molecule has 0 saturated carbocycles. The Morgan fingerprint density at radius 1 is 1.75 bits per heavy atom. The van der Waals surface area contributed by atoms with E-state index in [0.717, 1.165) is 11.3 Å². The quantitative estimate of drug-likeness (QED) is 0.369. The fraction of sp³-hybridized carbons (Fsp3) is 0.333. The van der Waals surface area contributed by atoms with Crippen molar-refractivity contribution >= 4 is 23.4 Å². The molecule has 7 heteroatoms. The molecule has 0 radical (unpaired) electrons. The Bertz CT molecular complexity index is 460. The summed E-state index contributed by atoms with van der Waals surface area (Å²) < 4.78 is 0. The molecule has 0 bridgehead atoms. The zero-order valence-corrected chi connectivity index (χ0v) is 9.44. The third-order valence-corrected chi connectivity index (χ3v) is 2.84. The van der Waals surface area contributed by atoms with E-state index in [2.05, 4.69) is 15.0 Å². The number of hydrogen-bond donors (Lipinski definition) is 1. The van der Waals surface area contributed by atoms with Crippen LogP contribution in [0.2, 0.25) is 0 Å². The van der Waals surface area contributed by atoms with Gasteiger partial charge >= 0.3 is 5.97 Å². The van der Waals surface area contributed by atoms with E-state index in [1.54, 1.807) is 19.1 Å². The Morgan fingerprint density at radius 3 is 3.06 bits per heavy atom. The van der Waals surface area contributed by atoms with E-state index >= 15 is 0 Å². The first kappa shape index (κ1) is 12.2. The standard InChI is InChI=1S/C9H10N4O2S/c1-6-8(9(14)15)16-7(12-6)4-2-3-5-11-13-10/h2,4H,3,5H2,1H3,(H,14,15). The Labute approximate surface area is 95.9 Å². The highest BCUT2D eigenvalue weighted by Gasteiger charge is 2.11. The number of hydrogen-bond acceptors (Lipinski definition) is 4. The van der Waals surface area contributed by atoms with Crippen LogP contribution in [0.15, 0.2) is 11.2 Å². The normalized spacial score (nSPS) is 10.3. The summed E-state index contributed by atoms with van der Waals surface area (Å²) >= 11 is 1.13. The van der Waals surface area contributed by atoms with Gasteiger partial charge in [0.05, 0.1) is 5.69 Å². The van der Waals surface area contributed by atoms with Gasteiger partial charge in [-0.1, -0.05) is 11.2 Å². The predicted octanol–water partition coefficient (Wildman–Crippen LogP) is 2.86. The van der Waals surface area contributed by atoms with Gasteiger partial charge in [-0.15, -0.1) is 11.3 Å². The van der Waals surface area contributed by atoms with Crippen molar-refractivity contribution in [3.63, 3.8) is 0 Å². The van der Waals surface area contributed by atoms with Crippen molar-refractivity contribution in [3.05, 3.63) is 32.1 Å². The molecule has 1 aromatic rings. The summed E-state index contributed by atoms with van der Waals surface area (Å²) in [6.45, 7) is 2.06. The average molecular weight is 238 g/mol. The molecule has 0 spiro atoms. The molecule has 0 amide bonds. The molecule has 0 aliphatic heterocycles. The summed E-state index contributed by atoms with van der Waals surface area (Å²) in [6, 6.07) is 0. The summed E-state index contributed by atoms with van der Waals surface area (Å²) in [7, 11) is 0. The maximum atomic E-state index is 10.7. The van der Waals surface area contributed by atoms with Crippen LogP contribution < -0.4 is 0 Å². The Kier molecular flexibility index (Phi) is 4.50. The van der Waals surface area contributed by atoms with Crippen molar-refractivity contribution in [2.24, 2.45) is 5.11 Å². The van der Waals surface area contributed by atoms with Crippen LogP contribution in [0.1, 0.15) is 26.8 Å². The maximum absolute atomic E-state index is 10.7. The highest BCUT2D eigenvalue weighted by Crippen LogP contribution is 2.19. The number of carboxylic acids is 1. The van der Waals surface area contributed by atoms with Crippen LogP contribution in [0, 0.1) is 6.92 Å². The van der Waals surface area contributed by atoms with E-state index in [0.29, 0.717) is 23.7 Å². The second-order valence-corrected chi connectivity index (χ2v) is 3.95. The van der Waals surface area contributed by atoms with Gasteiger partial charge in [-0.25, -0.2) is 9.78 Å². The SMILES string of the molecule is Cc1nc(C=CCCN=[N+]=[N-])sc1C(=O)O. The molecule has 0 unspecified atom stereocenters. The van der Waals surface area contributed by atoms with Gasteiger partial charge in [-0.3, -0.25) is 0 Å². The first-order valence-electron chi connectivity index (χ1n) is 4.53. The van der Waals surface area contributed by atoms with Crippen molar-refractivity contribution in [2.75, 3.05) is 6.54 Å². The van der Waals surface area contributed by atoms with Crippen molar-refractivity contribution in [1.82, 2.24) is 4.98 Å². The van der Waals surface area contributed by atoms with E-state index in [4.69, 9.17) is 10.6 Å². The molecule has 6 nitrogen and oxygen atoms in total. The first-order chi connectivity index (χ1) is 7.65.